The third-order valence-corrected chi connectivity index (χ3v) is 7.40. The molecule has 0 fully saturated rings. The standard InChI is InChI=1S/C29H27FN4O2/c1-32-24-12-6-4-10-22(24)29(36)34-16-14-21-20-9-3-7-13-25(20)33(27(21)28(32)34)17-15-26(35)31-18-19-8-2-5-11-23(19)30/h2-13,28H,14-18H2,1H3,(H,31,35). The number of halogens is 1. The van der Waals surface area contributed by atoms with Gasteiger partial charge in [-0.05, 0) is 36.2 Å². The zero-order valence-corrected chi connectivity index (χ0v) is 20.1. The fourth-order valence-corrected chi connectivity index (χ4v) is 5.69. The zero-order chi connectivity index (χ0) is 24.8. The Labute approximate surface area is 208 Å². The molecule has 0 saturated carbocycles. The van der Waals surface area contributed by atoms with Crippen molar-refractivity contribution < 1.29 is 14.0 Å². The molecule has 0 bridgehead atoms. The molecule has 0 aliphatic carbocycles. The number of nitrogens with zero attached hydrogens (tertiary/aromatic N) is 3. The number of hydrogen-bond donors (Lipinski definition) is 1. The summed E-state index contributed by atoms with van der Waals surface area (Å²) in [5, 5.41) is 4.01. The summed E-state index contributed by atoms with van der Waals surface area (Å²) >= 11 is 0. The number of para-hydroxylation sites is 2. The Balaban J connectivity index is 1.33. The van der Waals surface area contributed by atoms with Gasteiger partial charge in [0, 0.05) is 49.6 Å². The lowest BCUT2D eigenvalue weighted by Crippen LogP contribution is -2.51. The van der Waals surface area contributed by atoms with E-state index < -0.39 is 0 Å². The van der Waals surface area contributed by atoms with Gasteiger partial charge in [0.25, 0.3) is 5.91 Å². The van der Waals surface area contributed by atoms with E-state index in [9.17, 15) is 14.0 Å². The van der Waals surface area contributed by atoms with Crippen molar-refractivity contribution in [2.45, 2.75) is 32.1 Å². The SMILES string of the molecule is CN1c2ccccc2C(=O)N2CCc3c(n(CCC(=O)NCc4ccccc4F)c4ccccc34)C21. The summed E-state index contributed by atoms with van der Waals surface area (Å²) in [7, 11) is 2.03. The van der Waals surface area contributed by atoms with Gasteiger partial charge in [-0.2, -0.15) is 0 Å². The van der Waals surface area contributed by atoms with Gasteiger partial charge in [0.15, 0.2) is 0 Å². The Morgan fingerprint density at radius 2 is 1.78 bits per heavy atom. The first-order chi connectivity index (χ1) is 17.5. The highest BCUT2D eigenvalue weighted by Crippen LogP contribution is 2.44. The highest BCUT2D eigenvalue weighted by atomic mass is 19.1. The minimum atomic E-state index is -0.325. The van der Waals surface area contributed by atoms with Gasteiger partial charge in [-0.25, -0.2) is 4.39 Å². The van der Waals surface area contributed by atoms with E-state index in [4.69, 9.17) is 0 Å². The van der Waals surface area contributed by atoms with Gasteiger partial charge < -0.3 is 19.7 Å². The predicted octanol–water partition coefficient (Wildman–Crippen LogP) is 4.63. The maximum atomic E-state index is 14.0. The number of amides is 2. The lowest BCUT2D eigenvalue weighted by Gasteiger charge is -2.46. The van der Waals surface area contributed by atoms with Gasteiger partial charge in [-0.1, -0.05) is 48.5 Å². The van der Waals surface area contributed by atoms with Crippen molar-refractivity contribution in [2.75, 3.05) is 18.5 Å². The van der Waals surface area contributed by atoms with Crippen LogP contribution in [0.25, 0.3) is 10.9 Å². The summed E-state index contributed by atoms with van der Waals surface area (Å²) in [5.74, 6) is -0.427. The summed E-state index contributed by atoms with van der Waals surface area (Å²) in [6.07, 6.45) is 0.770. The molecule has 36 heavy (non-hydrogen) atoms. The molecule has 0 radical (unpaired) electrons. The molecule has 0 spiro atoms. The van der Waals surface area contributed by atoms with Crippen molar-refractivity contribution in [3.63, 3.8) is 0 Å². The van der Waals surface area contributed by atoms with E-state index in [1.807, 2.05) is 48.3 Å². The molecule has 3 heterocycles. The topological polar surface area (TPSA) is 57.6 Å². The fourth-order valence-electron chi connectivity index (χ4n) is 5.69. The third kappa shape index (κ3) is 3.54. The monoisotopic (exact) mass is 482 g/mol. The van der Waals surface area contributed by atoms with Crippen LogP contribution in [0.4, 0.5) is 10.1 Å². The third-order valence-electron chi connectivity index (χ3n) is 7.40. The molecule has 182 valence electrons. The van der Waals surface area contributed by atoms with Crippen LogP contribution in [0, 0.1) is 5.82 Å². The van der Waals surface area contributed by atoms with Crippen molar-refractivity contribution in [1.82, 2.24) is 14.8 Å². The molecule has 0 saturated heterocycles. The number of fused-ring (bicyclic) bond motifs is 6. The zero-order valence-electron chi connectivity index (χ0n) is 20.1. The van der Waals surface area contributed by atoms with Crippen LogP contribution in [0.5, 0.6) is 0 Å². The first kappa shape index (κ1) is 22.3. The quantitative estimate of drug-likeness (QED) is 0.451. The molecule has 1 N–H and O–H groups in total. The van der Waals surface area contributed by atoms with Crippen molar-refractivity contribution in [2.24, 2.45) is 0 Å². The molecule has 6 nitrogen and oxygen atoms in total. The van der Waals surface area contributed by atoms with Crippen LogP contribution in [0.2, 0.25) is 0 Å². The molecule has 1 atom stereocenters. The van der Waals surface area contributed by atoms with E-state index in [1.165, 1.54) is 17.0 Å². The van der Waals surface area contributed by atoms with E-state index >= 15 is 0 Å². The maximum absolute atomic E-state index is 14.0. The first-order valence-corrected chi connectivity index (χ1v) is 12.3. The average Bonchev–Trinajstić information content (AvgIpc) is 3.23. The normalized spacial score (nSPS) is 16.5. The minimum Gasteiger partial charge on any atom is -0.352 e. The second-order valence-electron chi connectivity index (χ2n) is 9.40. The molecule has 2 amide bonds. The van der Waals surface area contributed by atoms with Crippen LogP contribution in [0.1, 0.15) is 39.8 Å². The molecule has 1 unspecified atom stereocenters. The summed E-state index contributed by atoms with van der Waals surface area (Å²) in [6, 6.07) is 22.4. The first-order valence-electron chi connectivity index (χ1n) is 12.3. The number of aromatic nitrogens is 1. The minimum absolute atomic E-state index is 0.0405. The van der Waals surface area contributed by atoms with Gasteiger partial charge in [0.2, 0.25) is 5.91 Å². The van der Waals surface area contributed by atoms with Gasteiger partial charge in [0.05, 0.1) is 16.9 Å². The fraction of sp³-hybridized carbons (Fsp3) is 0.241. The Hall–Kier alpha value is -4.13. The van der Waals surface area contributed by atoms with Crippen LogP contribution in [0.15, 0.2) is 72.8 Å². The molecule has 3 aromatic carbocycles. The van der Waals surface area contributed by atoms with Crippen molar-refractivity contribution >= 4 is 28.4 Å². The van der Waals surface area contributed by atoms with Gasteiger partial charge in [-0.3, -0.25) is 9.59 Å². The number of nitrogens with one attached hydrogen (secondary N) is 1. The number of carbonyl (C=O) groups is 2. The van der Waals surface area contributed by atoms with Gasteiger partial charge >= 0.3 is 0 Å². The van der Waals surface area contributed by atoms with Crippen LogP contribution < -0.4 is 10.2 Å². The summed E-state index contributed by atoms with van der Waals surface area (Å²) in [4.78, 5) is 30.3. The summed E-state index contributed by atoms with van der Waals surface area (Å²) in [6.45, 7) is 1.26. The van der Waals surface area contributed by atoms with E-state index in [-0.39, 0.29) is 36.8 Å². The number of benzene rings is 3. The number of carbonyl (C=O) groups excluding carboxylic acids is 2. The number of anilines is 1. The number of rotatable bonds is 5. The van der Waals surface area contributed by atoms with Gasteiger partial charge in [-0.15, -0.1) is 0 Å². The molecule has 2 aliphatic rings. The average molecular weight is 483 g/mol. The molecule has 2 aliphatic heterocycles. The number of aryl methyl sites for hydroxylation is 1. The predicted molar refractivity (Wildman–Crippen MR) is 137 cm³/mol. The highest BCUT2D eigenvalue weighted by Gasteiger charge is 2.42. The summed E-state index contributed by atoms with van der Waals surface area (Å²) < 4.78 is 16.1. The van der Waals surface area contributed by atoms with E-state index in [0.29, 0.717) is 18.7 Å². The largest absolute Gasteiger partial charge is 0.352 e. The lowest BCUT2D eigenvalue weighted by molar-refractivity contribution is -0.121. The maximum Gasteiger partial charge on any atom is 0.257 e. The lowest BCUT2D eigenvalue weighted by atomic mass is 9.96. The van der Waals surface area contributed by atoms with Crippen LogP contribution in [-0.2, 0) is 24.3 Å². The number of hydrogen-bond acceptors (Lipinski definition) is 3. The summed E-state index contributed by atoms with van der Waals surface area (Å²) in [5.41, 5.74) is 5.45. The molecule has 7 heteroatoms. The van der Waals surface area contributed by atoms with Crippen LogP contribution in [-0.4, -0.2) is 34.9 Å². The van der Waals surface area contributed by atoms with Crippen molar-refractivity contribution in [1.29, 1.82) is 0 Å². The van der Waals surface area contributed by atoms with E-state index in [0.717, 1.165) is 28.9 Å². The van der Waals surface area contributed by atoms with Gasteiger partial charge in [0.1, 0.15) is 12.0 Å². The molecular formula is C29H27FN4O2. The van der Waals surface area contributed by atoms with Crippen LogP contribution in [0.3, 0.4) is 0 Å². The molecular weight excluding hydrogens is 455 g/mol. The van der Waals surface area contributed by atoms with E-state index in [1.54, 1.807) is 18.2 Å². The smallest absolute Gasteiger partial charge is 0.257 e. The van der Waals surface area contributed by atoms with Crippen molar-refractivity contribution in [3.8, 4) is 0 Å². The Morgan fingerprint density at radius 1 is 1.03 bits per heavy atom. The molecule has 4 aromatic rings. The Kier molecular flexibility index (Phi) is 5.48. The van der Waals surface area contributed by atoms with Crippen LogP contribution >= 0.6 is 0 Å². The Bertz CT molecular complexity index is 1490. The highest BCUT2D eigenvalue weighted by molar-refractivity contribution is 6.02. The molecule has 1 aromatic heterocycles. The molecule has 6 rings (SSSR count). The second kappa shape index (κ2) is 8.82. The second-order valence-corrected chi connectivity index (χ2v) is 9.40. The van der Waals surface area contributed by atoms with E-state index in [2.05, 4.69) is 26.9 Å². The Morgan fingerprint density at radius 3 is 2.64 bits per heavy atom. The van der Waals surface area contributed by atoms with Crippen molar-refractivity contribution in [3.05, 3.63) is 101 Å².